The normalized spacial score (nSPS) is 19.6. The van der Waals surface area contributed by atoms with E-state index in [0.717, 1.165) is 17.4 Å². The van der Waals surface area contributed by atoms with Crippen LogP contribution in [0.25, 0.3) is 0 Å². The van der Waals surface area contributed by atoms with Gasteiger partial charge < -0.3 is 4.90 Å². The summed E-state index contributed by atoms with van der Waals surface area (Å²) < 4.78 is 0.793. The molecule has 1 N–H and O–H groups in total. The number of carbonyl (C=O) groups excluding carboxylic acids is 2. The SMILES string of the molecule is O=C1CCN(C(=O)CSC(=S)N2CCCC2)N1. The van der Waals surface area contributed by atoms with Crippen molar-refractivity contribution >= 4 is 40.1 Å². The van der Waals surface area contributed by atoms with Crippen molar-refractivity contribution in [3.8, 4) is 0 Å². The monoisotopic (exact) mass is 273 g/mol. The van der Waals surface area contributed by atoms with Gasteiger partial charge in [0, 0.05) is 19.5 Å². The number of hydrazine groups is 1. The van der Waals surface area contributed by atoms with E-state index in [1.54, 1.807) is 0 Å². The van der Waals surface area contributed by atoms with Gasteiger partial charge in [0.1, 0.15) is 4.32 Å². The predicted octanol–water partition coefficient (Wildman–Crippen LogP) is 0.364. The van der Waals surface area contributed by atoms with Gasteiger partial charge in [0.15, 0.2) is 0 Å². The number of amides is 2. The summed E-state index contributed by atoms with van der Waals surface area (Å²) in [7, 11) is 0. The molecule has 0 aromatic carbocycles. The van der Waals surface area contributed by atoms with Crippen molar-refractivity contribution in [2.45, 2.75) is 19.3 Å². The summed E-state index contributed by atoms with van der Waals surface area (Å²) in [6.07, 6.45) is 2.75. The first-order chi connectivity index (χ1) is 8.16. The van der Waals surface area contributed by atoms with Crippen LogP contribution >= 0.6 is 24.0 Å². The lowest BCUT2D eigenvalue weighted by atomic mass is 10.4. The lowest BCUT2D eigenvalue weighted by Crippen LogP contribution is -2.40. The smallest absolute Gasteiger partial charge is 0.251 e. The predicted molar refractivity (Wildman–Crippen MR) is 70.3 cm³/mol. The molecule has 2 saturated heterocycles. The average Bonchev–Trinajstić information content (AvgIpc) is 2.95. The molecule has 2 fully saturated rings. The van der Waals surface area contributed by atoms with E-state index in [0.29, 0.717) is 18.7 Å². The highest BCUT2D eigenvalue weighted by atomic mass is 32.2. The lowest BCUT2D eigenvalue weighted by Gasteiger charge is -2.19. The van der Waals surface area contributed by atoms with Crippen LogP contribution in [0.3, 0.4) is 0 Å². The van der Waals surface area contributed by atoms with Crippen molar-refractivity contribution in [1.82, 2.24) is 15.3 Å². The Kier molecular flexibility index (Phi) is 4.22. The third kappa shape index (κ3) is 3.32. The van der Waals surface area contributed by atoms with Gasteiger partial charge in [-0.25, -0.2) is 0 Å². The van der Waals surface area contributed by atoms with Crippen molar-refractivity contribution in [3.05, 3.63) is 0 Å². The summed E-state index contributed by atoms with van der Waals surface area (Å²) in [6, 6.07) is 0. The molecular formula is C10H15N3O2S2. The zero-order valence-electron chi connectivity index (χ0n) is 9.48. The fourth-order valence-electron chi connectivity index (χ4n) is 1.86. The molecule has 0 aromatic rings. The van der Waals surface area contributed by atoms with Crippen LogP contribution in [0.4, 0.5) is 0 Å². The molecule has 0 unspecified atom stereocenters. The van der Waals surface area contributed by atoms with Gasteiger partial charge in [0.25, 0.3) is 5.91 Å². The van der Waals surface area contributed by atoms with Crippen LogP contribution in [0, 0.1) is 0 Å². The highest BCUT2D eigenvalue weighted by molar-refractivity contribution is 8.23. The quantitative estimate of drug-likeness (QED) is 0.737. The third-order valence-electron chi connectivity index (χ3n) is 2.81. The van der Waals surface area contributed by atoms with Gasteiger partial charge in [-0.2, -0.15) is 0 Å². The second-order valence-electron chi connectivity index (χ2n) is 4.08. The van der Waals surface area contributed by atoms with Gasteiger partial charge in [-0.05, 0) is 12.8 Å². The average molecular weight is 273 g/mol. The molecule has 0 aromatic heterocycles. The van der Waals surface area contributed by atoms with Crippen LogP contribution in [-0.2, 0) is 9.59 Å². The van der Waals surface area contributed by atoms with Crippen molar-refractivity contribution in [3.63, 3.8) is 0 Å². The highest BCUT2D eigenvalue weighted by Gasteiger charge is 2.24. The number of nitrogens with zero attached hydrogens (tertiary/aromatic N) is 2. The minimum atomic E-state index is -0.0922. The molecule has 2 heterocycles. The Morgan fingerprint density at radius 2 is 2.06 bits per heavy atom. The Morgan fingerprint density at radius 3 is 2.65 bits per heavy atom. The van der Waals surface area contributed by atoms with Gasteiger partial charge in [0.2, 0.25) is 5.91 Å². The first-order valence-corrected chi connectivity index (χ1v) is 7.08. The van der Waals surface area contributed by atoms with Crippen molar-refractivity contribution in [2.75, 3.05) is 25.4 Å². The van der Waals surface area contributed by atoms with Gasteiger partial charge >= 0.3 is 0 Å². The number of thiocarbonyl (C=S) groups is 1. The second-order valence-corrected chi connectivity index (χ2v) is 5.69. The van der Waals surface area contributed by atoms with E-state index in [4.69, 9.17) is 12.2 Å². The maximum atomic E-state index is 11.7. The fourth-order valence-corrected chi connectivity index (χ4v) is 2.98. The first-order valence-electron chi connectivity index (χ1n) is 5.68. The van der Waals surface area contributed by atoms with E-state index in [9.17, 15) is 9.59 Å². The Labute approximate surface area is 110 Å². The van der Waals surface area contributed by atoms with Crippen molar-refractivity contribution in [1.29, 1.82) is 0 Å². The van der Waals surface area contributed by atoms with Crippen LogP contribution in [0.5, 0.6) is 0 Å². The van der Waals surface area contributed by atoms with Gasteiger partial charge in [-0.15, -0.1) is 0 Å². The van der Waals surface area contributed by atoms with Crippen LogP contribution in [-0.4, -0.2) is 51.4 Å². The molecule has 5 nitrogen and oxygen atoms in total. The number of hydrogen-bond acceptors (Lipinski definition) is 4. The molecule has 2 amide bonds. The number of hydrogen-bond donors (Lipinski definition) is 1. The largest absolute Gasteiger partial charge is 0.358 e. The molecule has 0 radical (unpaired) electrons. The number of nitrogens with one attached hydrogen (secondary N) is 1. The minimum Gasteiger partial charge on any atom is -0.358 e. The molecule has 0 atom stereocenters. The summed E-state index contributed by atoms with van der Waals surface area (Å²) in [4.78, 5) is 24.8. The van der Waals surface area contributed by atoms with E-state index < -0.39 is 0 Å². The van der Waals surface area contributed by atoms with Crippen LogP contribution in [0.1, 0.15) is 19.3 Å². The molecule has 0 spiro atoms. The molecule has 2 aliphatic heterocycles. The highest BCUT2D eigenvalue weighted by Crippen LogP contribution is 2.16. The van der Waals surface area contributed by atoms with Crippen LogP contribution in [0.2, 0.25) is 0 Å². The van der Waals surface area contributed by atoms with E-state index in [1.807, 2.05) is 0 Å². The Hall–Kier alpha value is -0.820. The summed E-state index contributed by atoms with van der Waals surface area (Å²) >= 11 is 6.65. The van der Waals surface area contributed by atoms with Crippen molar-refractivity contribution in [2.24, 2.45) is 0 Å². The maximum absolute atomic E-state index is 11.7. The summed E-state index contributed by atoms with van der Waals surface area (Å²) in [6.45, 7) is 2.47. The van der Waals surface area contributed by atoms with Gasteiger partial charge in [-0.3, -0.25) is 20.0 Å². The number of thioether (sulfide) groups is 1. The van der Waals surface area contributed by atoms with E-state index in [1.165, 1.54) is 29.6 Å². The molecular weight excluding hydrogens is 258 g/mol. The Bertz CT molecular complexity index is 342. The Morgan fingerprint density at radius 1 is 1.35 bits per heavy atom. The second kappa shape index (κ2) is 5.68. The zero-order chi connectivity index (χ0) is 12.3. The molecule has 0 aliphatic carbocycles. The fraction of sp³-hybridized carbons (Fsp3) is 0.700. The van der Waals surface area contributed by atoms with Crippen molar-refractivity contribution < 1.29 is 9.59 Å². The number of carbonyl (C=O) groups is 2. The zero-order valence-corrected chi connectivity index (χ0v) is 11.1. The maximum Gasteiger partial charge on any atom is 0.251 e. The molecule has 2 rings (SSSR count). The summed E-state index contributed by atoms with van der Waals surface area (Å²) in [5.74, 6) is 0.128. The minimum absolute atomic E-state index is 0.0811. The van der Waals surface area contributed by atoms with Crippen LogP contribution < -0.4 is 5.43 Å². The third-order valence-corrected chi connectivity index (χ3v) is 4.31. The van der Waals surface area contributed by atoms with Gasteiger partial charge in [-0.1, -0.05) is 24.0 Å². The summed E-state index contributed by atoms with van der Waals surface area (Å²) in [5, 5.41) is 1.38. The molecule has 0 bridgehead atoms. The first kappa shape index (κ1) is 12.6. The lowest BCUT2D eigenvalue weighted by molar-refractivity contribution is -0.133. The van der Waals surface area contributed by atoms with E-state index in [2.05, 4.69) is 10.3 Å². The van der Waals surface area contributed by atoms with E-state index in [-0.39, 0.29) is 11.8 Å². The molecule has 7 heteroatoms. The molecule has 94 valence electrons. The molecule has 2 aliphatic rings. The number of likely N-dealkylation sites (tertiary alicyclic amines) is 1. The summed E-state index contributed by atoms with van der Waals surface area (Å²) in [5.41, 5.74) is 2.52. The number of rotatable bonds is 2. The molecule has 0 saturated carbocycles. The van der Waals surface area contributed by atoms with Crippen LogP contribution in [0.15, 0.2) is 0 Å². The molecule has 17 heavy (non-hydrogen) atoms. The van der Waals surface area contributed by atoms with Gasteiger partial charge in [0.05, 0.1) is 12.3 Å². The topological polar surface area (TPSA) is 52.7 Å². The Balaban J connectivity index is 1.72. The standard InChI is InChI=1S/C10H15N3O2S2/c14-8-3-6-13(11-8)9(15)7-17-10(16)12-4-1-2-5-12/h1-7H2,(H,11,14). The van der Waals surface area contributed by atoms with E-state index >= 15 is 0 Å².